The van der Waals surface area contributed by atoms with E-state index in [-0.39, 0.29) is 24.1 Å². The zero-order valence-corrected chi connectivity index (χ0v) is 16.0. The van der Waals surface area contributed by atoms with Crippen LogP contribution in [0.5, 0.6) is 5.75 Å². The lowest BCUT2D eigenvalue weighted by atomic mass is 9.95. The summed E-state index contributed by atoms with van der Waals surface area (Å²) in [4.78, 5) is 15.6. The molecule has 2 aromatic rings. The summed E-state index contributed by atoms with van der Waals surface area (Å²) < 4.78 is 31.0. The third-order valence-electron chi connectivity index (χ3n) is 5.14. The standard InChI is InChI=1S/C19H21NO4S2/c21-19(15-12-14-4-1-2-5-16(14)24-13-15)20-8-7-18(17-6-3-10-25-17)26(22,23)11-9-20/h1-6,10,15,18H,7-9,11-13H2/t15-,18+/m1/s1. The van der Waals surface area contributed by atoms with Gasteiger partial charge in [-0.25, -0.2) is 8.42 Å². The molecule has 0 aliphatic carbocycles. The highest BCUT2D eigenvalue weighted by atomic mass is 32.2. The molecule has 0 radical (unpaired) electrons. The number of thiophene rings is 1. The highest BCUT2D eigenvalue weighted by molar-refractivity contribution is 7.91. The predicted octanol–water partition coefficient (Wildman–Crippen LogP) is 2.69. The molecular formula is C19H21NO4S2. The number of hydrogen-bond donors (Lipinski definition) is 0. The molecule has 0 N–H and O–H groups in total. The van der Waals surface area contributed by atoms with E-state index in [0.29, 0.717) is 26.0 Å². The third kappa shape index (κ3) is 3.38. The van der Waals surface area contributed by atoms with E-state index in [2.05, 4.69) is 0 Å². The Hall–Kier alpha value is -1.86. The number of benzene rings is 1. The molecule has 0 spiro atoms. The molecule has 2 atom stereocenters. The van der Waals surface area contributed by atoms with Crippen LogP contribution >= 0.6 is 11.3 Å². The molecule has 3 heterocycles. The molecule has 1 fully saturated rings. The van der Waals surface area contributed by atoms with Gasteiger partial charge in [0.05, 0.1) is 16.9 Å². The molecule has 7 heteroatoms. The molecule has 4 rings (SSSR count). The number of carbonyl (C=O) groups is 1. The second kappa shape index (κ2) is 7.04. The fourth-order valence-electron chi connectivity index (χ4n) is 3.70. The second-order valence-electron chi connectivity index (χ2n) is 6.80. The number of nitrogens with zero attached hydrogens (tertiary/aromatic N) is 1. The summed E-state index contributed by atoms with van der Waals surface area (Å²) in [7, 11) is -3.24. The van der Waals surface area contributed by atoms with Crippen molar-refractivity contribution in [3.05, 3.63) is 52.2 Å². The summed E-state index contributed by atoms with van der Waals surface area (Å²) >= 11 is 1.47. The maximum absolute atomic E-state index is 13.0. The molecule has 138 valence electrons. The van der Waals surface area contributed by atoms with Crippen LogP contribution in [-0.4, -0.2) is 44.7 Å². The van der Waals surface area contributed by atoms with E-state index in [9.17, 15) is 13.2 Å². The fourth-order valence-corrected chi connectivity index (χ4v) is 6.71. The molecule has 1 aromatic heterocycles. The SMILES string of the molecule is O=C([C@H]1COc2ccccc2C1)N1CC[C@@H](c2cccs2)S(=O)(=O)CC1. The summed E-state index contributed by atoms with van der Waals surface area (Å²) in [6.07, 6.45) is 1.10. The van der Waals surface area contributed by atoms with Crippen LogP contribution in [0.25, 0.3) is 0 Å². The highest BCUT2D eigenvalue weighted by Crippen LogP contribution is 2.33. The minimum Gasteiger partial charge on any atom is -0.492 e. The molecule has 0 saturated carbocycles. The summed E-state index contributed by atoms with van der Waals surface area (Å²) in [6, 6.07) is 11.5. The molecule has 1 saturated heterocycles. The van der Waals surface area contributed by atoms with Gasteiger partial charge in [0.15, 0.2) is 9.84 Å². The Labute approximate surface area is 157 Å². The minimum absolute atomic E-state index is 0.00142. The van der Waals surface area contributed by atoms with Gasteiger partial charge in [-0.3, -0.25) is 4.79 Å². The van der Waals surface area contributed by atoms with E-state index in [1.54, 1.807) is 4.90 Å². The van der Waals surface area contributed by atoms with Gasteiger partial charge >= 0.3 is 0 Å². The highest BCUT2D eigenvalue weighted by Gasteiger charge is 2.36. The van der Waals surface area contributed by atoms with Gasteiger partial charge in [-0.1, -0.05) is 24.3 Å². The van der Waals surface area contributed by atoms with Gasteiger partial charge in [0.1, 0.15) is 12.4 Å². The summed E-state index contributed by atoms with van der Waals surface area (Å²) in [5, 5.41) is 1.40. The average molecular weight is 392 g/mol. The number of amides is 1. The lowest BCUT2D eigenvalue weighted by Crippen LogP contribution is -2.42. The molecule has 2 aliphatic rings. The Bertz CT molecular complexity index is 892. The number of para-hydroxylation sites is 1. The van der Waals surface area contributed by atoms with Crippen LogP contribution in [0.3, 0.4) is 0 Å². The maximum atomic E-state index is 13.0. The minimum atomic E-state index is -3.24. The number of ether oxygens (including phenoxy) is 1. The molecule has 2 aliphatic heterocycles. The predicted molar refractivity (Wildman–Crippen MR) is 101 cm³/mol. The molecule has 0 unspecified atom stereocenters. The van der Waals surface area contributed by atoms with Crippen LogP contribution in [0.2, 0.25) is 0 Å². The fraction of sp³-hybridized carbons (Fsp3) is 0.421. The van der Waals surface area contributed by atoms with E-state index in [1.807, 2.05) is 41.8 Å². The van der Waals surface area contributed by atoms with Crippen LogP contribution in [0.4, 0.5) is 0 Å². The van der Waals surface area contributed by atoms with E-state index in [1.165, 1.54) is 11.3 Å². The topological polar surface area (TPSA) is 63.7 Å². The molecule has 1 aromatic carbocycles. The van der Waals surface area contributed by atoms with Gasteiger partial charge in [-0.2, -0.15) is 0 Å². The first kappa shape index (κ1) is 17.5. The first-order valence-corrected chi connectivity index (χ1v) is 11.4. The third-order valence-corrected chi connectivity index (χ3v) is 8.38. The number of hydrogen-bond acceptors (Lipinski definition) is 5. The van der Waals surface area contributed by atoms with Crippen molar-refractivity contribution < 1.29 is 17.9 Å². The second-order valence-corrected chi connectivity index (χ2v) is 10.1. The zero-order valence-electron chi connectivity index (χ0n) is 14.3. The summed E-state index contributed by atoms with van der Waals surface area (Å²) in [5.41, 5.74) is 1.04. The number of carbonyl (C=O) groups excluding carboxylic acids is 1. The Morgan fingerprint density at radius 1 is 1.15 bits per heavy atom. The Kier molecular flexibility index (Phi) is 4.75. The normalized spacial score (nSPS) is 25.0. The van der Waals surface area contributed by atoms with Crippen LogP contribution in [-0.2, 0) is 21.1 Å². The summed E-state index contributed by atoms with van der Waals surface area (Å²) in [5.74, 6) is 0.617. The maximum Gasteiger partial charge on any atom is 0.229 e. The lowest BCUT2D eigenvalue weighted by molar-refractivity contribution is -0.136. The summed E-state index contributed by atoms with van der Waals surface area (Å²) in [6.45, 7) is 1.09. The molecule has 0 bridgehead atoms. The van der Waals surface area contributed by atoms with Gasteiger partial charge < -0.3 is 9.64 Å². The Morgan fingerprint density at radius 3 is 2.81 bits per heavy atom. The Morgan fingerprint density at radius 2 is 2.00 bits per heavy atom. The van der Waals surface area contributed by atoms with Crippen molar-refractivity contribution in [2.24, 2.45) is 5.92 Å². The van der Waals surface area contributed by atoms with Gasteiger partial charge in [0.25, 0.3) is 0 Å². The first-order valence-electron chi connectivity index (χ1n) is 8.79. The van der Waals surface area contributed by atoms with Crippen molar-refractivity contribution in [2.75, 3.05) is 25.4 Å². The molecule has 1 amide bonds. The van der Waals surface area contributed by atoms with Crippen molar-refractivity contribution in [3.63, 3.8) is 0 Å². The molecule has 5 nitrogen and oxygen atoms in total. The first-order chi connectivity index (χ1) is 12.5. The van der Waals surface area contributed by atoms with Crippen molar-refractivity contribution >= 4 is 27.1 Å². The number of sulfone groups is 1. The van der Waals surface area contributed by atoms with Gasteiger partial charge in [-0.15, -0.1) is 11.3 Å². The van der Waals surface area contributed by atoms with Crippen molar-refractivity contribution in [3.8, 4) is 5.75 Å². The molecule has 26 heavy (non-hydrogen) atoms. The van der Waals surface area contributed by atoms with Gasteiger partial charge in [0.2, 0.25) is 5.91 Å². The largest absolute Gasteiger partial charge is 0.492 e. The Balaban J connectivity index is 1.48. The van der Waals surface area contributed by atoms with Crippen LogP contribution < -0.4 is 4.74 Å². The van der Waals surface area contributed by atoms with Crippen LogP contribution in [0, 0.1) is 5.92 Å². The van der Waals surface area contributed by atoms with Crippen molar-refractivity contribution in [1.82, 2.24) is 4.90 Å². The van der Waals surface area contributed by atoms with Crippen molar-refractivity contribution in [2.45, 2.75) is 18.1 Å². The lowest BCUT2D eigenvalue weighted by Gasteiger charge is -2.29. The van der Waals surface area contributed by atoms with Gasteiger partial charge in [0, 0.05) is 18.0 Å². The number of rotatable bonds is 2. The van der Waals surface area contributed by atoms with E-state index in [4.69, 9.17) is 4.74 Å². The van der Waals surface area contributed by atoms with Crippen LogP contribution in [0.1, 0.15) is 22.1 Å². The quantitative estimate of drug-likeness (QED) is 0.790. The number of fused-ring (bicyclic) bond motifs is 1. The zero-order chi connectivity index (χ0) is 18.1. The average Bonchev–Trinajstić information content (AvgIpc) is 3.12. The van der Waals surface area contributed by atoms with E-state index in [0.717, 1.165) is 16.2 Å². The monoisotopic (exact) mass is 391 g/mol. The smallest absolute Gasteiger partial charge is 0.229 e. The van der Waals surface area contributed by atoms with Crippen molar-refractivity contribution in [1.29, 1.82) is 0 Å². The van der Waals surface area contributed by atoms with E-state index >= 15 is 0 Å². The van der Waals surface area contributed by atoms with E-state index < -0.39 is 15.1 Å². The van der Waals surface area contributed by atoms with Crippen LogP contribution in [0.15, 0.2) is 41.8 Å². The molecular weight excluding hydrogens is 370 g/mol. The van der Waals surface area contributed by atoms with Gasteiger partial charge in [-0.05, 0) is 35.9 Å².